The molecule has 118 valence electrons. The third kappa shape index (κ3) is 3.36. The molecule has 0 aliphatic carbocycles. The minimum atomic E-state index is -3.79. The normalized spacial score (nSPS) is 25.4. The minimum absolute atomic E-state index is 0.0169. The molecule has 1 fully saturated rings. The third-order valence-electron chi connectivity index (χ3n) is 3.77. The molecule has 1 aliphatic rings. The number of hydrogen-bond donors (Lipinski definition) is 0. The van der Waals surface area contributed by atoms with Crippen LogP contribution in [0.5, 0.6) is 0 Å². The number of rotatable bonds is 3. The van der Waals surface area contributed by atoms with Crippen molar-refractivity contribution in [1.82, 2.24) is 4.31 Å². The van der Waals surface area contributed by atoms with Gasteiger partial charge >= 0.3 is 0 Å². The molecule has 0 saturated carbocycles. The van der Waals surface area contributed by atoms with Gasteiger partial charge in [-0.1, -0.05) is 15.9 Å². The van der Waals surface area contributed by atoms with Crippen LogP contribution in [0.25, 0.3) is 0 Å². The van der Waals surface area contributed by atoms with Gasteiger partial charge in [0.15, 0.2) is 9.84 Å². The Bertz CT molecular complexity index is 776. The van der Waals surface area contributed by atoms with Crippen molar-refractivity contribution >= 4 is 51.7 Å². The number of hydrogen-bond acceptors (Lipinski definition) is 4. The summed E-state index contributed by atoms with van der Waals surface area (Å²) < 4.78 is 51.2. The van der Waals surface area contributed by atoms with Gasteiger partial charge in [-0.25, -0.2) is 16.8 Å². The summed E-state index contributed by atoms with van der Waals surface area (Å²) in [6, 6.07) is 4.87. The zero-order valence-electron chi connectivity index (χ0n) is 11.5. The molecule has 0 spiro atoms. The van der Waals surface area contributed by atoms with E-state index in [9.17, 15) is 16.8 Å². The van der Waals surface area contributed by atoms with Crippen LogP contribution in [0.4, 0.5) is 0 Å². The van der Waals surface area contributed by atoms with Gasteiger partial charge in [0.05, 0.1) is 16.4 Å². The molecule has 0 unspecified atom stereocenters. The van der Waals surface area contributed by atoms with Gasteiger partial charge in [-0.3, -0.25) is 0 Å². The number of sulfonamides is 1. The van der Waals surface area contributed by atoms with Crippen LogP contribution in [0.3, 0.4) is 0 Å². The molecular formula is C12H15Br2NO4S2. The van der Waals surface area contributed by atoms with Crippen LogP contribution in [0.2, 0.25) is 0 Å². The van der Waals surface area contributed by atoms with Crippen molar-refractivity contribution < 1.29 is 16.8 Å². The van der Waals surface area contributed by atoms with Gasteiger partial charge in [-0.05, 0) is 47.5 Å². The summed E-state index contributed by atoms with van der Waals surface area (Å²) in [7, 11) is -5.54. The fourth-order valence-corrected chi connectivity index (χ4v) is 7.61. The molecule has 9 heteroatoms. The molecule has 1 heterocycles. The van der Waals surface area contributed by atoms with Gasteiger partial charge in [-0.2, -0.15) is 4.31 Å². The van der Waals surface area contributed by atoms with Crippen molar-refractivity contribution in [2.24, 2.45) is 0 Å². The first kappa shape index (κ1) is 17.4. The molecule has 1 aliphatic heterocycles. The van der Waals surface area contributed by atoms with Crippen molar-refractivity contribution in [2.75, 3.05) is 18.6 Å². The number of nitrogens with zero attached hydrogens (tertiary/aromatic N) is 1. The van der Waals surface area contributed by atoms with Crippen molar-refractivity contribution in [2.45, 2.75) is 23.8 Å². The summed E-state index contributed by atoms with van der Waals surface area (Å²) in [5.41, 5.74) is -0.917. The lowest BCUT2D eigenvalue weighted by Crippen LogP contribution is -2.48. The van der Waals surface area contributed by atoms with Gasteiger partial charge in [0, 0.05) is 21.5 Å². The highest BCUT2D eigenvalue weighted by Gasteiger charge is 2.46. The summed E-state index contributed by atoms with van der Waals surface area (Å²) in [4.78, 5) is 0.116. The Hall–Kier alpha value is 0.0400. The van der Waals surface area contributed by atoms with Crippen LogP contribution in [0.1, 0.15) is 13.3 Å². The lowest BCUT2D eigenvalue weighted by atomic mass is 10.0. The highest BCUT2D eigenvalue weighted by atomic mass is 79.9. The maximum absolute atomic E-state index is 12.8. The van der Waals surface area contributed by atoms with Crippen LogP contribution >= 0.6 is 31.9 Å². The Morgan fingerprint density at radius 3 is 2.43 bits per heavy atom. The van der Waals surface area contributed by atoms with Gasteiger partial charge < -0.3 is 0 Å². The molecule has 0 bridgehead atoms. The van der Waals surface area contributed by atoms with Crippen LogP contribution in [0.15, 0.2) is 32.0 Å². The van der Waals surface area contributed by atoms with Crippen LogP contribution in [0, 0.1) is 0 Å². The van der Waals surface area contributed by atoms with Gasteiger partial charge in [0.25, 0.3) is 0 Å². The molecule has 1 aromatic rings. The Labute approximate surface area is 141 Å². The molecule has 21 heavy (non-hydrogen) atoms. The first-order chi connectivity index (χ1) is 9.48. The van der Waals surface area contributed by atoms with Crippen LogP contribution < -0.4 is 0 Å². The molecule has 1 atom stereocenters. The number of benzene rings is 1. The van der Waals surface area contributed by atoms with E-state index in [2.05, 4.69) is 31.9 Å². The summed E-state index contributed by atoms with van der Waals surface area (Å²) in [5.74, 6) is -0.135. The first-order valence-corrected chi connectivity index (χ1v) is 11.0. The van der Waals surface area contributed by atoms with E-state index in [1.165, 1.54) is 17.4 Å². The summed E-state index contributed by atoms with van der Waals surface area (Å²) >= 11 is 6.49. The second kappa shape index (κ2) is 5.59. The topological polar surface area (TPSA) is 71.5 Å². The van der Waals surface area contributed by atoms with E-state index in [0.29, 0.717) is 15.4 Å². The SMILES string of the molecule is CN([C@@]1(C)CCS(=O)(=O)C1)S(=O)(=O)c1cc(Br)ccc1Br. The zero-order chi connectivity index (χ0) is 16.1. The molecule has 0 aromatic heterocycles. The molecule has 5 nitrogen and oxygen atoms in total. The highest BCUT2D eigenvalue weighted by Crippen LogP contribution is 2.35. The Morgan fingerprint density at radius 2 is 1.90 bits per heavy atom. The Morgan fingerprint density at radius 1 is 1.29 bits per heavy atom. The maximum atomic E-state index is 12.8. The molecule has 0 N–H and O–H groups in total. The summed E-state index contributed by atoms with van der Waals surface area (Å²) in [6.07, 6.45) is 0.302. The second-order valence-electron chi connectivity index (χ2n) is 5.39. The van der Waals surface area contributed by atoms with E-state index in [4.69, 9.17) is 0 Å². The van der Waals surface area contributed by atoms with Crippen LogP contribution in [-0.2, 0) is 19.9 Å². The van der Waals surface area contributed by atoms with Crippen molar-refractivity contribution in [3.05, 3.63) is 27.1 Å². The first-order valence-electron chi connectivity index (χ1n) is 6.12. The predicted molar refractivity (Wildman–Crippen MR) is 88.5 cm³/mol. The van der Waals surface area contributed by atoms with Crippen molar-refractivity contribution in [3.8, 4) is 0 Å². The zero-order valence-corrected chi connectivity index (χ0v) is 16.3. The van der Waals surface area contributed by atoms with Gasteiger partial charge in [0.1, 0.15) is 0 Å². The average molecular weight is 461 g/mol. The van der Waals surface area contributed by atoms with E-state index in [-0.39, 0.29) is 16.4 Å². The van der Waals surface area contributed by atoms with Gasteiger partial charge in [0.2, 0.25) is 10.0 Å². The van der Waals surface area contributed by atoms with Crippen LogP contribution in [-0.4, -0.2) is 45.2 Å². The van der Waals surface area contributed by atoms with E-state index in [1.54, 1.807) is 19.1 Å². The monoisotopic (exact) mass is 459 g/mol. The number of sulfone groups is 1. The maximum Gasteiger partial charge on any atom is 0.244 e. The Balaban J connectivity index is 2.47. The van der Waals surface area contributed by atoms with Crippen molar-refractivity contribution in [3.63, 3.8) is 0 Å². The van der Waals surface area contributed by atoms with E-state index < -0.39 is 25.4 Å². The van der Waals surface area contributed by atoms with Crippen molar-refractivity contribution in [1.29, 1.82) is 0 Å². The quantitative estimate of drug-likeness (QED) is 0.694. The largest absolute Gasteiger partial charge is 0.244 e. The summed E-state index contributed by atoms with van der Waals surface area (Å²) in [6.45, 7) is 1.67. The highest BCUT2D eigenvalue weighted by molar-refractivity contribution is 9.11. The summed E-state index contributed by atoms with van der Waals surface area (Å²) in [5, 5.41) is 0. The predicted octanol–water partition coefficient (Wildman–Crippen LogP) is 2.41. The standard InChI is InChI=1S/C12H15Br2NO4S2/c1-12(5-6-20(16,17)8-12)15(2)21(18,19)11-7-9(13)3-4-10(11)14/h3-4,7H,5-6,8H2,1-2H3/t12-/m0/s1. The number of halogens is 2. The smallest absolute Gasteiger partial charge is 0.229 e. The fraction of sp³-hybridized carbons (Fsp3) is 0.500. The van der Waals surface area contributed by atoms with E-state index in [0.717, 1.165) is 0 Å². The fourth-order valence-electron chi connectivity index (χ4n) is 2.35. The molecule has 0 amide bonds. The lowest BCUT2D eigenvalue weighted by Gasteiger charge is -2.33. The molecular weight excluding hydrogens is 446 g/mol. The van der Waals surface area contributed by atoms with Gasteiger partial charge in [-0.15, -0.1) is 0 Å². The molecule has 2 rings (SSSR count). The molecule has 1 saturated heterocycles. The molecule has 1 aromatic carbocycles. The Kier molecular flexibility index (Phi) is 4.63. The average Bonchev–Trinajstić information content (AvgIpc) is 2.66. The second-order valence-corrected chi connectivity index (χ2v) is 11.3. The third-order valence-corrected chi connectivity index (χ3v) is 9.16. The minimum Gasteiger partial charge on any atom is -0.229 e. The lowest BCUT2D eigenvalue weighted by molar-refractivity contribution is 0.272. The van der Waals surface area contributed by atoms with E-state index in [1.807, 2.05) is 0 Å². The molecule has 0 radical (unpaired) electrons. The van der Waals surface area contributed by atoms with E-state index >= 15 is 0 Å².